The lowest BCUT2D eigenvalue weighted by atomic mass is 10.1. The van der Waals surface area contributed by atoms with E-state index >= 15 is 0 Å². The molecular formula is C21H23F3N2O7. The summed E-state index contributed by atoms with van der Waals surface area (Å²) in [4.78, 5) is 36.0. The Morgan fingerprint density at radius 3 is 2.36 bits per heavy atom. The van der Waals surface area contributed by atoms with E-state index in [1.807, 2.05) is 30.3 Å². The van der Waals surface area contributed by atoms with Crippen molar-refractivity contribution < 1.29 is 46.9 Å². The summed E-state index contributed by atoms with van der Waals surface area (Å²) in [7, 11) is 1.72. The van der Waals surface area contributed by atoms with Crippen molar-refractivity contribution in [2.45, 2.75) is 12.3 Å². The molecule has 12 heteroatoms. The summed E-state index contributed by atoms with van der Waals surface area (Å²) >= 11 is 0. The van der Waals surface area contributed by atoms with E-state index in [4.69, 9.17) is 24.2 Å². The van der Waals surface area contributed by atoms with E-state index in [2.05, 4.69) is 0 Å². The van der Waals surface area contributed by atoms with Crippen LogP contribution in [0.15, 0.2) is 47.1 Å². The van der Waals surface area contributed by atoms with Gasteiger partial charge < -0.3 is 24.3 Å². The highest BCUT2D eigenvalue weighted by atomic mass is 19.4. The molecule has 1 aromatic heterocycles. The van der Waals surface area contributed by atoms with E-state index < -0.39 is 18.1 Å². The number of rotatable bonds is 6. The van der Waals surface area contributed by atoms with Crippen LogP contribution in [0.1, 0.15) is 10.6 Å². The first kappa shape index (κ1) is 25.9. The lowest BCUT2D eigenvalue weighted by Gasteiger charge is -2.34. The van der Waals surface area contributed by atoms with Crippen LogP contribution in [0.4, 0.5) is 13.2 Å². The third-order valence-corrected chi connectivity index (χ3v) is 4.53. The summed E-state index contributed by atoms with van der Waals surface area (Å²) in [5, 5.41) is 16.0. The predicted molar refractivity (Wildman–Crippen MR) is 109 cm³/mol. The average Bonchev–Trinajstić information content (AvgIpc) is 3.23. The van der Waals surface area contributed by atoms with Gasteiger partial charge in [-0.2, -0.15) is 13.2 Å². The highest BCUT2D eigenvalue weighted by molar-refractivity contribution is 5.98. The summed E-state index contributed by atoms with van der Waals surface area (Å²) in [6, 6.07) is 11.4. The van der Waals surface area contributed by atoms with Gasteiger partial charge >= 0.3 is 18.1 Å². The number of carboxylic acid groups (broad SMARTS) is 2. The van der Waals surface area contributed by atoms with Crippen molar-refractivity contribution in [2.75, 3.05) is 39.8 Å². The highest BCUT2D eigenvalue weighted by Crippen LogP contribution is 2.26. The minimum absolute atomic E-state index is 0.0653. The van der Waals surface area contributed by atoms with Crippen molar-refractivity contribution in [1.82, 2.24) is 9.80 Å². The molecule has 1 unspecified atom stereocenters. The molecule has 1 aliphatic rings. The van der Waals surface area contributed by atoms with Crippen LogP contribution in [0.5, 0.6) is 0 Å². The maximum Gasteiger partial charge on any atom is 0.490 e. The summed E-state index contributed by atoms with van der Waals surface area (Å²) < 4.78 is 42.9. The number of carbonyl (C=O) groups is 3. The third-order valence-electron chi connectivity index (χ3n) is 4.53. The molecule has 0 bridgehead atoms. The molecule has 1 aliphatic heterocycles. The smallest absolute Gasteiger partial charge is 0.480 e. The monoisotopic (exact) mass is 472 g/mol. The lowest BCUT2D eigenvalue weighted by molar-refractivity contribution is -0.192. The normalized spacial score (nSPS) is 16.2. The van der Waals surface area contributed by atoms with Gasteiger partial charge in [0.1, 0.15) is 0 Å². The Balaban J connectivity index is 0.000000479. The summed E-state index contributed by atoms with van der Waals surface area (Å²) in [6.07, 6.45) is -3.79. The molecule has 1 atom stereocenters. The number of alkyl halides is 3. The van der Waals surface area contributed by atoms with Gasteiger partial charge in [0.15, 0.2) is 5.76 Å². The summed E-state index contributed by atoms with van der Waals surface area (Å²) in [5.74, 6) is -3.51. The third kappa shape index (κ3) is 7.91. The molecule has 2 aromatic rings. The fourth-order valence-electron chi connectivity index (χ4n) is 3.12. The van der Waals surface area contributed by atoms with E-state index in [0.29, 0.717) is 32.0 Å². The van der Waals surface area contributed by atoms with Crippen molar-refractivity contribution in [3.8, 4) is 11.1 Å². The molecule has 1 saturated heterocycles. The number of morpholine rings is 1. The Kier molecular flexibility index (Phi) is 9.00. The van der Waals surface area contributed by atoms with Crippen LogP contribution in [-0.2, 0) is 14.3 Å². The Morgan fingerprint density at radius 2 is 1.79 bits per heavy atom. The predicted octanol–water partition coefficient (Wildman–Crippen LogP) is 2.44. The van der Waals surface area contributed by atoms with Crippen LogP contribution in [0.2, 0.25) is 0 Å². The van der Waals surface area contributed by atoms with Gasteiger partial charge in [-0.3, -0.25) is 14.5 Å². The quantitative estimate of drug-likeness (QED) is 0.658. The van der Waals surface area contributed by atoms with Crippen LogP contribution < -0.4 is 0 Å². The number of amides is 1. The van der Waals surface area contributed by atoms with Gasteiger partial charge in [-0.05, 0) is 18.7 Å². The number of nitrogens with zero attached hydrogens (tertiary/aromatic N) is 2. The molecule has 1 fully saturated rings. The second kappa shape index (κ2) is 11.5. The molecule has 2 heterocycles. The average molecular weight is 472 g/mol. The van der Waals surface area contributed by atoms with Gasteiger partial charge in [0.25, 0.3) is 5.91 Å². The van der Waals surface area contributed by atoms with Gasteiger partial charge in [-0.15, -0.1) is 0 Å². The second-order valence-corrected chi connectivity index (χ2v) is 7.17. The first-order valence-corrected chi connectivity index (χ1v) is 9.73. The molecule has 1 aromatic carbocycles. The minimum Gasteiger partial charge on any atom is -0.480 e. The maximum absolute atomic E-state index is 12.9. The first-order chi connectivity index (χ1) is 15.5. The number of carbonyl (C=O) groups excluding carboxylic acids is 1. The first-order valence-electron chi connectivity index (χ1n) is 9.73. The number of benzene rings is 1. The largest absolute Gasteiger partial charge is 0.490 e. The lowest BCUT2D eigenvalue weighted by Crippen LogP contribution is -2.49. The molecule has 0 spiro atoms. The molecule has 33 heavy (non-hydrogen) atoms. The van der Waals surface area contributed by atoms with Crippen LogP contribution in [0.25, 0.3) is 11.1 Å². The zero-order chi connectivity index (χ0) is 24.6. The molecule has 2 N–H and O–H groups in total. The van der Waals surface area contributed by atoms with E-state index in [9.17, 15) is 22.8 Å². The van der Waals surface area contributed by atoms with Gasteiger partial charge in [0, 0.05) is 25.2 Å². The zero-order valence-corrected chi connectivity index (χ0v) is 17.6. The van der Waals surface area contributed by atoms with Gasteiger partial charge in [0.2, 0.25) is 0 Å². The molecule has 3 rings (SSSR count). The SMILES string of the molecule is CN(CC(=O)O)CC1CN(C(=O)c2occc2-c2ccccc2)CCO1.O=C(O)C(F)(F)F. The molecule has 0 aliphatic carbocycles. The van der Waals surface area contributed by atoms with E-state index in [1.54, 1.807) is 22.9 Å². The number of furan rings is 1. The molecule has 9 nitrogen and oxygen atoms in total. The van der Waals surface area contributed by atoms with Crippen molar-refractivity contribution in [1.29, 1.82) is 0 Å². The van der Waals surface area contributed by atoms with Crippen molar-refractivity contribution in [2.24, 2.45) is 0 Å². The standard InChI is InChI=1S/C19H22N2O5.C2HF3O2/c1-20(13-17(22)23)11-15-12-21(8-10-25-15)19(24)18-16(7-9-26-18)14-5-3-2-4-6-14;3-2(4,5)1(6)7/h2-7,9,15H,8,10-13H2,1H3,(H,22,23);(H,6,7). The zero-order valence-electron chi connectivity index (χ0n) is 17.6. The number of likely N-dealkylation sites (N-methyl/N-ethyl adjacent to an activating group) is 1. The molecular weight excluding hydrogens is 449 g/mol. The molecule has 0 saturated carbocycles. The minimum atomic E-state index is -5.08. The Labute approximate surface area is 187 Å². The van der Waals surface area contributed by atoms with E-state index in [0.717, 1.165) is 11.1 Å². The van der Waals surface area contributed by atoms with Gasteiger partial charge in [-0.25, -0.2) is 4.79 Å². The molecule has 180 valence electrons. The van der Waals surface area contributed by atoms with E-state index in [-0.39, 0.29) is 18.6 Å². The number of hydrogen-bond acceptors (Lipinski definition) is 6. The van der Waals surface area contributed by atoms with Gasteiger partial charge in [-0.1, -0.05) is 30.3 Å². The van der Waals surface area contributed by atoms with E-state index in [1.165, 1.54) is 6.26 Å². The topological polar surface area (TPSA) is 121 Å². The Morgan fingerprint density at radius 1 is 1.15 bits per heavy atom. The van der Waals surface area contributed by atoms with Gasteiger partial charge in [0.05, 0.1) is 25.5 Å². The van der Waals surface area contributed by atoms with Crippen LogP contribution in [0, 0.1) is 0 Å². The Bertz CT molecular complexity index is 947. The second-order valence-electron chi connectivity index (χ2n) is 7.17. The van der Waals surface area contributed by atoms with Crippen LogP contribution >= 0.6 is 0 Å². The number of hydrogen-bond donors (Lipinski definition) is 2. The summed E-state index contributed by atoms with van der Waals surface area (Å²) in [5.41, 5.74) is 1.69. The number of aliphatic carboxylic acids is 2. The van der Waals surface area contributed by atoms with Crippen molar-refractivity contribution >= 4 is 17.8 Å². The van der Waals surface area contributed by atoms with Crippen LogP contribution in [0.3, 0.4) is 0 Å². The molecule has 0 radical (unpaired) electrons. The number of halogens is 3. The van der Waals surface area contributed by atoms with Crippen molar-refractivity contribution in [3.63, 3.8) is 0 Å². The summed E-state index contributed by atoms with van der Waals surface area (Å²) in [6.45, 7) is 1.67. The number of carboxylic acids is 2. The number of ether oxygens (including phenoxy) is 1. The maximum atomic E-state index is 12.9. The van der Waals surface area contributed by atoms with Crippen molar-refractivity contribution in [3.05, 3.63) is 48.4 Å². The Hall–Kier alpha value is -3.38. The fraction of sp³-hybridized carbons (Fsp3) is 0.381. The fourth-order valence-corrected chi connectivity index (χ4v) is 3.12. The highest BCUT2D eigenvalue weighted by Gasteiger charge is 2.38. The molecule has 1 amide bonds. The van der Waals surface area contributed by atoms with Crippen LogP contribution in [-0.4, -0.2) is 90.0 Å².